The fourth-order valence-electron chi connectivity index (χ4n) is 2.92. The van der Waals surface area contributed by atoms with Gasteiger partial charge in [-0.05, 0) is 25.3 Å². The lowest BCUT2D eigenvalue weighted by Gasteiger charge is -2.27. The molecule has 1 aromatic rings. The van der Waals surface area contributed by atoms with Crippen LogP contribution >= 0.6 is 0 Å². The number of nitrogens with zero attached hydrogens (tertiary/aromatic N) is 1. The van der Waals surface area contributed by atoms with Gasteiger partial charge in [-0.3, -0.25) is 4.90 Å². The van der Waals surface area contributed by atoms with Crippen molar-refractivity contribution in [2.24, 2.45) is 0 Å². The second-order valence-electron chi connectivity index (χ2n) is 5.71. The van der Waals surface area contributed by atoms with E-state index in [2.05, 4.69) is 4.90 Å². The lowest BCUT2D eigenvalue weighted by molar-refractivity contribution is 0.0595. The highest BCUT2D eigenvalue weighted by Crippen LogP contribution is 2.34. The number of carbonyl (C=O) groups is 1. The summed E-state index contributed by atoms with van der Waals surface area (Å²) in [6.45, 7) is 0.461. The molecule has 0 unspecified atom stereocenters. The second kappa shape index (κ2) is 5.46. The van der Waals surface area contributed by atoms with E-state index in [1.807, 2.05) is 0 Å². The molecule has 116 valence electrons. The maximum Gasteiger partial charge on any atom is 0.341 e. The summed E-state index contributed by atoms with van der Waals surface area (Å²) in [6, 6.07) is 2.02. The van der Waals surface area contributed by atoms with Gasteiger partial charge in [0.15, 0.2) is 9.84 Å². The van der Waals surface area contributed by atoms with Gasteiger partial charge in [-0.25, -0.2) is 13.2 Å². The van der Waals surface area contributed by atoms with Crippen LogP contribution in [0.4, 0.5) is 0 Å². The maximum absolute atomic E-state index is 11.7. The van der Waals surface area contributed by atoms with Gasteiger partial charge in [-0.15, -0.1) is 0 Å². The van der Waals surface area contributed by atoms with Gasteiger partial charge in [0, 0.05) is 12.1 Å². The number of methoxy groups -OCH3 is 1. The molecule has 2 fully saturated rings. The molecule has 1 aromatic heterocycles. The van der Waals surface area contributed by atoms with Crippen molar-refractivity contribution in [3.63, 3.8) is 0 Å². The van der Waals surface area contributed by atoms with Crippen LogP contribution in [-0.2, 0) is 21.1 Å². The first kappa shape index (κ1) is 14.6. The molecule has 1 atom stereocenters. The van der Waals surface area contributed by atoms with Gasteiger partial charge in [-0.1, -0.05) is 0 Å². The smallest absolute Gasteiger partial charge is 0.341 e. The molecule has 7 heteroatoms. The maximum atomic E-state index is 11.7. The van der Waals surface area contributed by atoms with Crippen molar-refractivity contribution in [1.82, 2.24) is 4.90 Å². The van der Waals surface area contributed by atoms with Crippen LogP contribution in [-0.4, -0.2) is 50.0 Å². The molecule has 1 aliphatic carbocycles. The normalized spacial score (nSPS) is 24.4. The third-order valence-corrected chi connectivity index (χ3v) is 5.92. The topological polar surface area (TPSA) is 76.8 Å². The molecule has 0 N–H and O–H groups in total. The number of hydrogen-bond acceptors (Lipinski definition) is 6. The van der Waals surface area contributed by atoms with E-state index in [4.69, 9.17) is 9.15 Å². The average molecular weight is 313 g/mol. The van der Waals surface area contributed by atoms with E-state index >= 15 is 0 Å². The Morgan fingerprint density at radius 3 is 2.71 bits per heavy atom. The number of sulfone groups is 1. The summed E-state index contributed by atoms with van der Waals surface area (Å²) in [5, 5.41) is 0. The lowest BCUT2D eigenvalue weighted by Crippen LogP contribution is -2.37. The van der Waals surface area contributed by atoms with Crippen LogP contribution in [0.5, 0.6) is 0 Å². The zero-order valence-corrected chi connectivity index (χ0v) is 12.8. The quantitative estimate of drug-likeness (QED) is 0.761. The Hall–Kier alpha value is -1.34. The van der Waals surface area contributed by atoms with Crippen LogP contribution in [0.15, 0.2) is 16.7 Å². The fourth-order valence-corrected chi connectivity index (χ4v) is 4.66. The van der Waals surface area contributed by atoms with Gasteiger partial charge < -0.3 is 9.15 Å². The SMILES string of the molecule is COC(=O)c1ccoc1CN(C1CC1)[C@@H]1CCS(=O)(=O)C1. The molecule has 1 saturated carbocycles. The molecule has 0 aromatic carbocycles. The number of esters is 1. The zero-order chi connectivity index (χ0) is 15.0. The monoisotopic (exact) mass is 313 g/mol. The van der Waals surface area contributed by atoms with Crippen molar-refractivity contribution in [3.05, 3.63) is 23.7 Å². The summed E-state index contributed by atoms with van der Waals surface area (Å²) in [5.41, 5.74) is 0.420. The summed E-state index contributed by atoms with van der Waals surface area (Å²) >= 11 is 0. The predicted octanol–water partition coefficient (Wildman–Crippen LogP) is 1.22. The van der Waals surface area contributed by atoms with Crippen molar-refractivity contribution in [2.75, 3.05) is 18.6 Å². The van der Waals surface area contributed by atoms with Crippen LogP contribution in [0.3, 0.4) is 0 Å². The van der Waals surface area contributed by atoms with E-state index in [1.54, 1.807) is 6.07 Å². The van der Waals surface area contributed by atoms with E-state index in [1.165, 1.54) is 13.4 Å². The van der Waals surface area contributed by atoms with E-state index in [9.17, 15) is 13.2 Å². The Balaban J connectivity index is 1.78. The van der Waals surface area contributed by atoms with Crippen molar-refractivity contribution in [3.8, 4) is 0 Å². The first-order valence-corrected chi connectivity index (χ1v) is 8.93. The summed E-state index contributed by atoms with van der Waals surface area (Å²) < 4.78 is 33.5. The number of carbonyl (C=O) groups excluding carboxylic acids is 1. The lowest BCUT2D eigenvalue weighted by atomic mass is 10.2. The first-order valence-electron chi connectivity index (χ1n) is 7.11. The van der Waals surface area contributed by atoms with Gasteiger partial charge in [-0.2, -0.15) is 0 Å². The molecular formula is C14H19NO5S. The minimum atomic E-state index is -2.92. The number of furan rings is 1. The van der Waals surface area contributed by atoms with Crippen LogP contribution in [0.2, 0.25) is 0 Å². The second-order valence-corrected chi connectivity index (χ2v) is 7.94. The third-order valence-electron chi connectivity index (χ3n) is 4.17. The highest BCUT2D eigenvalue weighted by Gasteiger charge is 2.40. The van der Waals surface area contributed by atoms with E-state index in [0.717, 1.165) is 12.8 Å². The Morgan fingerprint density at radius 2 is 2.14 bits per heavy atom. The molecule has 2 heterocycles. The minimum Gasteiger partial charge on any atom is -0.467 e. The van der Waals surface area contributed by atoms with E-state index < -0.39 is 15.8 Å². The Labute approximate surface area is 124 Å². The summed E-state index contributed by atoms with van der Waals surface area (Å²) in [6.07, 6.45) is 4.28. The highest BCUT2D eigenvalue weighted by molar-refractivity contribution is 7.91. The van der Waals surface area contributed by atoms with Gasteiger partial charge in [0.05, 0.1) is 31.4 Å². The number of hydrogen-bond donors (Lipinski definition) is 0. The standard InChI is InChI=1S/C14H19NO5S/c1-19-14(16)12-4-6-20-13(12)8-15(10-2-3-10)11-5-7-21(17,18)9-11/h4,6,10-11H,2-3,5,7-9H2,1H3/t11-/m1/s1. The fraction of sp³-hybridized carbons (Fsp3) is 0.643. The van der Waals surface area contributed by atoms with Crippen molar-refractivity contribution < 1.29 is 22.4 Å². The average Bonchev–Trinajstić information content (AvgIpc) is 3.07. The van der Waals surface area contributed by atoms with Crippen molar-refractivity contribution in [1.29, 1.82) is 0 Å². The zero-order valence-electron chi connectivity index (χ0n) is 11.9. The first-order chi connectivity index (χ1) is 10.00. The molecular weight excluding hydrogens is 294 g/mol. The Bertz CT molecular complexity index is 632. The van der Waals surface area contributed by atoms with Crippen LogP contribution in [0.25, 0.3) is 0 Å². The van der Waals surface area contributed by atoms with E-state index in [0.29, 0.717) is 30.3 Å². The molecule has 0 radical (unpaired) electrons. The molecule has 0 bridgehead atoms. The van der Waals surface area contributed by atoms with E-state index in [-0.39, 0.29) is 17.5 Å². The Morgan fingerprint density at radius 1 is 1.38 bits per heavy atom. The molecule has 0 amide bonds. The van der Waals surface area contributed by atoms with Gasteiger partial charge in [0.2, 0.25) is 0 Å². The third kappa shape index (κ3) is 3.13. The van der Waals surface area contributed by atoms with Crippen LogP contribution in [0, 0.1) is 0 Å². The van der Waals surface area contributed by atoms with Crippen molar-refractivity contribution in [2.45, 2.75) is 37.9 Å². The molecule has 0 spiro atoms. The molecule has 3 rings (SSSR count). The number of ether oxygens (including phenoxy) is 1. The predicted molar refractivity (Wildman–Crippen MR) is 75.7 cm³/mol. The summed E-state index contributed by atoms with van der Waals surface area (Å²) in [4.78, 5) is 13.9. The summed E-state index contributed by atoms with van der Waals surface area (Å²) in [5.74, 6) is 0.590. The summed E-state index contributed by atoms with van der Waals surface area (Å²) in [7, 11) is -1.59. The van der Waals surface area contributed by atoms with Gasteiger partial charge in [0.25, 0.3) is 0 Å². The Kier molecular flexibility index (Phi) is 3.79. The molecule has 2 aliphatic rings. The largest absolute Gasteiger partial charge is 0.467 e. The molecule has 6 nitrogen and oxygen atoms in total. The minimum absolute atomic E-state index is 0.0260. The highest BCUT2D eigenvalue weighted by atomic mass is 32.2. The van der Waals surface area contributed by atoms with Crippen LogP contribution in [0.1, 0.15) is 35.4 Å². The number of rotatable bonds is 5. The van der Waals surface area contributed by atoms with Gasteiger partial charge in [0.1, 0.15) is 11.3 Å². The molecule has 1 saturated heterocycles. The van der Waals surface area contributed by atoms with Crippen LogP contribution < -0.4 is 0 Å². The van der Waals surface area contributed by atoms with Gasteiger partial charge >= 0.3 is 5.97 Å². The molecule has 21 heavy (non-hydrogen) atoms. The van der Waals surface area contributed by atoms with Crippen molar-refractivity contribution >= 4 is 15.8 Å². The molecule has 1 aliphatic heterocycles.